The zero-order valence-corrected chi connectivity index (χ0v) is 6.73. The van der Waals surface area contributed by atoms with Gasteiger partial charge in [-0.05, 0) is 13.8 Å². The van der Waals surface area contributed by atoms with Crippen molar-refractivity contribution in [3.8, 4) is 0 Å². The van der Waals surface area contributed by atoms with Crippen molar-refractivity contribution in [2.75, 3.05) is 0 Å². The average molecular weight is 133 g/mol. The molecule has 0 N–H and O–H groups in total. The zero-order valence-electron chi connectivity index (χ0n) is 5.73. The fourth-order valence-electron chi connectivity index (χ4n) is 0.975. The van der Waals surface area contributed by atoms with E-state index < -0.39 is 0 Å². The molecule has 0 saturated carbocycles. The van der Waals surface area contributed by atoms with Crippen LogP contribution < -0.4 is 5.19 Å². The van der Waals surface area contributed by atoms with Gasteiger partial charge in [-0.25, -0.2) is 0 Å². The van der Waals surface area contributed by atoms with Crippen LogP contribution in [-0.2, 0) is 0 Å². The molecular formula is C8H9Si. The SMILES string of the molecule is Cc1cc(C)cc([Si])c1. The molecule has 0 unspecified atom stereocenters. The Morgan fingerprint density at radius 2 is 1.44 bits per heavy atom. The Kier molecular flexibility index (Phi) is 1.72. The molecule has 0 heterocycles. The van der Waals surface area contributed by atoms with Crippen LogP contribution in [0, 0.1) is 13.8 Å². The van der Waals surface area contributed by atoms with E-state index in [-0.39, 0.29) is 0 Å². The molecule has 45 valence electrons. The van der Waals surface area contributed by atoms with Crippen LogP contribution in [0.5, 0.6) is 0 Å². The molecule has 0 aliphatic heterocycles. The van der Waals surface area contributed by atoms with Crippen LogP contribution in [0.25, 0.3) is 0 Å². The number of rotatable bonds is 0. The van der Waals surface area contributed by atoms with Crippen molar-refractivity contribution in [3.05, 3.63) is 29.3 Å². The highest BCUT2D eigenvalue weighted by atomic mass is 28.1. The Morgan fingerprint density at radius 3 is 1.78 bits per heavy atom. The van der Waals surface area contributed by atoms with Gasteiger partial charge in [0, 0.05) is 0 Å². The first kappa shape index (κ1) is 6.56. The second-order valence-electron chi connectivity index (χ2n) is 2.38. The summed E-state index contributed by atoms with van der Waals surface area (Å²) in [5.41, 5.74) is 2.61. The van der Waals surface area contributed by atoms with Crippen LogP contribution in [-0.4, -0.2) is 10.2 Å². The largest absolute Gasteiger partial charge is 0.0712 e. The minimum Gasteiger partial charge on any atom is -0.0668 e. The van der Waals surface area contributed by atoms with E-state index in [1.807, 2.05) is 0 Å². The third-order valence-corrected chi connectivity index (χ3v) is 1.51. The molecular weight excluding hydrogens is 124 g/mol. The molecule has 0 aromatic heterocycles. The highest BCUT2D eigenvalue weighted by molar-refractivity contribution is 6.32. The van der Waals surface area contributed by atoms with Crippen LogP contribution in [0.3, 0.4) is 0 Å². The number of hydrogen-bond donors (Lipinski definition) is 0. The predicted octanol–water partition coefficient (Wildman–Crippen LogP) is 1.10. The van der Waals surface area contributed by atoms with E-state index in [1.165, 1.54) is 11.1 Å². The van der Waals surface area contributed by atoms with Gasteiger partial charge in [-0.1, -0.05) is 34.5 Å². The molecule has 3 radical (unpaired) electrons. The lowest BCUT2D eigenvalue weighted by Gasteiger charge is -1.96. The molecule has 1 rings (SSSR count). The summed E-state index contributed by atoms with van der Waals surface area (Å²) >= 11 is 0. The van der Waals surface area contributed by atoms with Gasteiger partial charge < -0.3 is 0 Å². The quantitative estimate of drug-likeness (QED) is 0.465. The van der Waals surface area contributed by atoms with Gasteiger partial charge in [0.05, 0.1) is 10.2 Å². The van der Waals surface area contributed by atoms with E-state index in [4.69, 9.17) is 0 Å². The minimum atomic E-state index is 1.16. The number of benzene rings is 1. The Bertz CT molecular complexity index is 165. The fraction of sp³-hybridized carbons (Fsp3) is 0.250. The van der Waals surface area contributed by atoms with Crippen molar-refractivity contribution >= 4 is 15.4 Å². The molecule has 0 bridgehead atoms. The summed E-state index contributed by atoms with van der Waals surface area (Å²) in [6.07, 6.45) is 0. The minimum absolute atomic E-state index is 1.16. The molecule has 0 amide bonds. The van der Waals surface area contributed by atoms with Crippen molar-refractivity contribution in [2.24, 2.45) is 0 Å². The Hall–Kier alpha value is -0.563. The van der Waals surface area contributed by atoms with E-state index in [0.29, 0.717) is 0 Å². The maximum Gasteiger partial charge on any atom is 0.0712 e. The lowest BCUT2D eigenvalue weighted by molar-refractivity contribution is 1.40. The maximum atomic E-state index is 3.46. The zero-order chi connectivity index (χ0) is 6.85. The first-order valence-electron chi connectivity index (χ1n) is 2.98. The van der Waals surface area contributed by atoms with Crippen molar-refractivity contribution in [3.63, 3.8) is 0 Å². The highest BCUT2D eigenvalue weighted by Gasteiger charge is 1.87. The second kappa shape index (κ2) is 2.36. The van der Waals surface area contributed by atoms with Gasteiger partial charge in [-0.15, -0.1) is 0 Å². The first-order chi connectivity index (χ1) is 4.18. The van der Waals surface area contributed by atoms with Crippen LogP contribution >= 0.6 is 0 Å². The van der Waals surface area contributed by atoms with Crippen LogP contribution in [0.4, 0.5) is 0 Å². The van der Waals surface area contributed by atoms with Gasteiger partial charge in [-0.3, -0.25) is 0 Å². The Balaban J connectivity index is 3.17. The third kappa shape index (κ3) is 1.68. The summed E-state index contributed by atoms with van der Waals surface area (Å²) in [5.74, 6) is 0. The van der Waals surface area contributed by atoms with Gasteiger partial charge >= 0.3 is 0 Å². The number of aryl methyl sites for hydroxylation is 2. The lowest BCUT2D eigenvalue weighted by Crippen LogP contribution is -2.02. The summed E-state index contributed by atoms with van der Waals surface area (Å²) in [6.45, 7) is 4.19. The molecule has 0 atom stereocenters. The lowest BCUT2D eigenvalue weighted by atomic mass is 10.2. The third-order valence-electron chi connectivity index (χ3n) is 1.22. The van der Waals surface area contributed by atoms with Crippen molar-refractivity contribution in [1.29, 1.82) is 0 Å². The van der Waals surface area contributed by atoms with Crippen molar-refractivity contribution in [1.82, 2.24) is 0 Å². The van der Waals surface area contributed by atoms with Crippen LogP contribution in [0.1, 0.15) is 11.1 Å². The van der Waals surface area contributed by atoms with Crippen molar-refractivity contribution < 1.29 is 0 Å². The molecule has 1 aromatic carbocycles. The second-order valence-corrected chi connectivity index (χ2v) is 2.95. The van der Waals surface area contributed by atoms with Gasteiger partial charge in [-0.2, -0.15) is 0 Å². The van der Waals surface area contributed by atoms with Gasteiger partial charge in [0.25, 0.3) is 0 Å². The molecule has 0 fully saturated rings. The van der Waals surface area contributed by atoms with E-state index >= 15 is 0 Å². The molecule has 9 heavy (non-hydrogen) atoms. The predicted molar refractivity (Wildman–Crippen MR) is 41.3 cm³/mol. The summed E-state index contributed by atoms with van der Waals surface area (Å²) in [6, 6.07) is 6.36. The normalized spacial score (nSPS) is 9.67. The molecule has 1 aromatic rings. The Morgan fingerprint density at radius 1 is 1.00 bits per heavy atom. The summed E-state index contributed by atoms with van der Waals surface area (Å²) in [7, 11) is 3.46. The maximum absolute atomic E-state index is 3.46. The monoisotopic (exact) mass is 133 g/mol. The van der Waals surface area contributed by atoms with Gasteiger partial charge in [0.15, 0.2) is 0 Å². The van der Waals surface area contributed by atoms with E-state index in [9.17, 15) is 0 Å². The van der Waals surface area contributed by atoms with Crippen molar-refractivity contribution in [2.45, 2.75) is 13.8 Å². The first-order valence-corrected chi connectivity index (χ1v) is 3.48. The summed E-state index contributed by atoms with van der Waals surface area (Å²) in [5, 5.41) is 1.16. The van der Waals surface area contributed by atoms with Crippen LogP contribution in [0.2, 0.25) is 0 Å². The molecule has 1 heteroatoms. The average Bonchev–Trinajstić information content (AvgIpc) is 1.59. The molecule has 0 saturated heterocycles. The van der Waals surface area contributed by atoms with E-state index in [2.05, 4.69) is 42.3 Å². The highest BCUT2D eigenvalue weighted by Crippen LogP contribution is 1.97. The molecule has 0 aliphatic rings. The van der Waals surface area contributed by atoms with Gasteiger partial charge in [0.1, 0.15) is 0 Å². The molecule has 0 aliphatic carbocycles. The Labute approximate surface area is 59.3 Å². The van der Waals surface area contributed by atoms with Gasteiger partial charge in [0.2, 0.25) is 0 Å². The van der Waals surface area contributed by atoms with Crippen LogP contribution in [0.15, 0.2) is 18.2 Å². The van der Waals surface area contributed by atoms with E-state index in [1.54, 1.807) is 0 Å². The topological polar surface area (TPSA) is 0 Å². The standard InChI is InChI=1S/C8H9Si/c1-6-3-7(2)5-8(9)4-6/h3-5H,1-2H3. The summed E-state index contributed by atoms with van der Waals surface area (Å²) < 4.78 is 0. The molecule has 0 nitrogen and oxygen atoms in total. The smallest absolute Gasteiger partial charge is 0.0668 e. The summed E-state index contributed by atoms with van der Waals surface area (Å²) in [4.78, 5) is 0. The number of hydrogen-bond acceptors (Lipinski definition) is 0. The van der Waals surface area contributed by atoms with E-state index in [0.717, 1.165) is 5.19 Å². The fourth-order valence-corrected chi connectivity index (χ4v) is 1.43. The molecule has 0 spiro atoms.